The predicted molar refractivity (Wildman–Crippen MR) is 85.1 cm³/mol. The van der Waals surface area contributed by atoms with Gasteiger partial charge in [0.15, 0.2) is 0 Å². The maximum absolute atomic E-state index is 12.9. The first-order chi connectivity index (χ1) is 11.2. The average Bonchev–Trinajstić information content (AvgIpc) is 3.18. The third-order valence-electron chi connectivity index (χ3n) is 4.20. The van der Waals surface area contributed by atoms with Crippen LogP contribution in [-0.4, -0.2) is 34.3 Å². The second-order valence-corrected chi connectivity index (χ2v) is 6.49. The van der Waals surface area contributed by atoms with Crippen LogP contribution in [0.2, 0.25) is 0 Å². The van der Waals surface area contributed by atoms with E-state index in [-0.39, 0.29) is 6.54 Å². The van der Waals surface area contributed by atoms with Crippen molar-refractivity contribution in [2.45, 2.75) is 38.9 Å². The number of anilines is 1. The number of fused-ring (bicyclic) bond motifs is 1. The molecule has 24 heavy (non-hydrogen) atoms. The summed E-state index contributed by atoms with van der Waals surface area (Å²) in [7, 11) is 0. The molecule has 0 aliphatic carbocycles. The Morgan fingerprint density at radius 2 is 2.12 bits per heavy atom. The van der Waals surface area contributed by atoms with Gasteiger partial charge in [-0.2, -0.15) is 13.2 Å². The summed E-state index contributed by atoms with van der Waals surface area (Å²) in [6.45, 7) is 4.01. The third kappa shape index (κ3) is 2.92. The minimum Gasteiger partial charge on any atom is -0.354 e. The third-order valence-corrected chi connectivity index (χ3v) is 4.20. The number of aryl methyl sites for hydroxylation is 1. The van der Waals surface area contributed by atoms with Crippen LogP contribution in [0.25, 0.3) is 11.0 Å². The number of hydrogen-bond donors (Lipinski definition) is 1. The lowest BCUT2D eigenvalue weighted by Crippen LogP contribution is -2.22. The van der Waals surface area contributed by atoms with Crippen molar-refractivity contribution in [3.8, 4) is 0 Å². The van der Waals surface area contributed by atoms with E-state index in [9.17, 15) is 18.0 Å². The quantitative estimate of drug-likeness (QED) is 0.869. The summed E-state index contributed by atoms with van der Waals surface area (Å²) in [6, 6.07) is 2.71. The molecule has 1 unspecified atom stereocenters. The average molecular weight is 340 g/mol. The lowest BCUT2D eigenvalue weighted by Gasteiger charge is -2.09. The standard InChI is InChI=1S/C16H19F3N4O/c1-9(2)6-7-13-21-14-10(22-8-12(22)16(17,18)19)4-3-5-11(14)23(13)15(20)24/h3-5,9,12H,6-8H2,1-2H3,(H2,20,24). The molecule has 0 radical (unpaired) electrons. The van der Waals surface area contributed by atoms with E-state index >= 15 is 0 Å². The number of nitrogens with two attached hydrogens (primary N) is 1. The van der Waals surface area contributed by atoms with Gasteiger partial charge in [-0.25, -0.2) is 14.3 Å². The van der Waals surface area contributed by atoms with Gasteiger partial charge in [0.2, 0.25) is 0 Å². The molecule has 0 bridgehead atoms. The smallest absolute Gasteiger partial charge is 0.354 e. The number of rotatable bonds is 4. The number of halogens is 3. The highest BCUT2D eigenvalue weighted by Crippen LogP contribution is 2.41. The fourth-order valence-corrected chi connectivity index (χ4v) is 2.88. The van der Waals surface area contributed by atoms with Gasteiger partial charge in [-0.15, -0.1) is 0 Å². The number of imidazole rings is 1. The van der Waals surface area contributed by atoms with Gasteiger partial charge >= 0.3 is 12.2 Å². The Bertz CT molecular complexity index is 781. The van der Waals surface area contributed by atoms with Gasteiger partial charge in [-0.1, -0.05) is 19.9 Å². The van der Waals surface area contributed by atoms with Gasteiger partial charge in [0.05, 0.1) is 11.2 Å². The van der Waals surface area contributed by atoms with Crippen LogP contribution in [-0.2, 0) is 6.42 Å². The van der Waals surface area contributed by atoms with Crippen LogP contribution in [0.4, 0.5) is 23.7 Å². The molecule has 2 heterocycles. The highest BCUT2D eigenvalue weighted by atomic mass is 19.4. The monoisotopic (exact) mass is 340 g/mol. The number of aromatic nitrogens is 2. The Morgan fingerprint density at radius 1 is 1.42 bits per heavy atom. The van der Waals surface area contributed by atoms with Crippen LogP contribution in [0.1, 0.15) is 26.1 Å². The molecule has 2 aromatic rings. The van der Waals surface area contributed by atoms with Gasteiger partial charge in [0.1, 0.15) is 17.4 Å². The molecular weight excluding hydrogens is 321 g/mol. The zero-order valence-corrected chi connectivity index (χ0v) is 13.5. The highest BCUT2D eigenvalue weighted by molar-refractivity contribution is 5.96. The molecule has 1 aromatic carbocycles. The molecular formula is C16H19F3N4O. The van der Waals surface area contributed by atoms with Crippen LogP contribution in [0.5, 0.6) is 0 Å². The molecule has 1 aliphatic rings. The predicted octanol–water partition coefficient (Wildman–Crippen LogP) is 3.30. The number of benzene rings is 1. The first-order valence-electron chi connectivity index (χ1n) is 7.83. The zero-order chi connectivity index (χ0) is 17.6. The van der Waals surface area contributed by atoms with Crippen molar-refractivity contribution in [3.05, 3.63) is 24.0 Å². The fourth-order valence-electron chi connectivity index (χ4n) is 2.88. The summed E-state index contributed by atoms with van der Waals surface area (Å²) in [4.78, 5) is 17.5. The summed E-state index contributed by atoms with van der Waals surface area (Å²) in [5.41, 5.74) is 6.69. The number of carbonyl (C=O) groups is 1. The summed E-state index contributed by atoms with van der Waals surface area (Å²) >= 11 is 0. The molecule has 1 amide bonds. The van der Waals surface area contributed by atoms with Gasteiger partial charge < -0.3 is 10.6 Å². The number of carbonyl (C=O) groups excluding carboxylic acids is 1. The molecule has 8 heteroatoms. The Morgan fingerprint density at radius 3 is 2.67 bits per heavy atom. The van der Waals surface area contributed by atoms with Crippen LogP contribution in [0.3, 0.4) is 0 Å². The number of hydrogen-bond acceptors (Lipinski definition) is 3. The molecule has 1 fully saturated rings. The van der Waals surface area contributed by atoms with Crippen molar-refractivity contribution >= 4 is 22.8 Å². The van der Waals surface area contributed by atoms with Gasteiger partial charge in [-0.3, -0.25) is 0 Å². The largest absolute Gasteiger partial charge is 0.410 e. The van der Waals surface area contributed by atoms with E-state index in [0.29, 0.717) is 34.9 Å². The topological polar surface area (TPSA) is 63.9 Å². The summed E-state index contributed by atoms with van der Waals surface area (Å²) in [5.74, 6) is 0.899. The number of alkyl halides is 3. The fraction of sp³-hybridized carbons (Fsp3) is 0.500. The first kappa shape index (κ1) is 16.6. The maximum Gasteiger partial charge on any atom is 0.410 e. The van der Waals surface area contributed by atoms with E-state index in [4.69, 9.17) is 5.73 Å². The molecule has 0 saturated carbocycles. The van der Waals surface area contributed by atoms with Crippen LogP contribution >= 0.6 is 0 Å². The minimum absolute atomic E-state index is 0.0899. The molecule has 2 N–H and O–H groups in total. The Hall–Kier alpha value is -2.25. The van der Waals surface area contributed by atoms with Gasteiger partial charge in [0.25, 0.3) is 0 Å². The van der Waals surface area contributed by atoms with Crippen molar-refractivity contribution in [2.75, 3.05) is 11.4 Å². The van der Waals surface area contributed by atoms with E-state index in [2.05, 4.69) is 4.98 Å². The molecule has 5 nitrogen and oxygen atoms in total. The minimum atomic E-state index is -4.27. The molecule has 1 aromatic heterocycles. The van der Waals surface area contributed by atoms with Crippen molar-refractivity contribution in [1.82, 2.24) is 9.55 Å². The van der Waals surface area contributed by atoms with E-state index in [1.165, 1.54) is 9.47 Å². The molecule has 1 saturated heterocycles. The second kappa shape index (κ2) is 5.68. The van der Waals surface area contributed by atoms with E-state index in [0.717, 1.165) is 6.42 Å². The summed E-state index contributed by atoms with van der Waals surface area (Å²) in [6.07, 6.45) is -2.92. The SMILES string of the molecule is CC(C)CCc1nc2c(N3CC3C(F)(F)F)cccc2n1C(N)=O. The summed E-state index contributed by atoms with van der Waals surface area (Å²) in [5, 5.41) is 0. The molecule has 1 aliphatic heterocycles. The first-order valence-corrected chi connectivity index (χ1v) is 7.83. The number of para-hydroxylation sites is 1. The normalized spacial score (nSPS) is 17.8. The molecule has 3 rings (SSSR count). The number of nitrogens with zero attached hydrogens (tertiary/aromatic N) is 3. The lowest BCUT2D eigenvalue weighted by atomic mass is 10.1. The van der Waals surface area contributed by atoms with Crippen LogP contribution < -0.4 is 10.6 Å². The van der Waals surface area contributed by atoms with E-state index in [1.807, 2.05) is 13.8 Å². The molecule has 0 spiro atoms. The lowest BCUT2D eigenvalue weighted by molar-refractivity contribution is -0.125. The zero-order valence-electron chi connectivity index (χ0n) is 13.5. The number of amides is 1. The van der Waals surface area contributed by atoms with Gasteiger partial charge in [-0.05, 0) is 24.5 Å². The van der Waals surface area contributed by atoms with Crippen LogP contribution in [0.15, 0.2) is 18.2 Å². The Kier molecular flexibility index (Phi) is 3.93. The van der Waals surface area contributed by atoms with Crippen molar-refractivity contribution in [3.63, 3.8) is 0 Å². The highest BCUT2D eigenvalue weighted by Gasteiger charge is 2.55. The Labute approximate surface area is 137 Å². The summed E-state index contributed by atoms with van der Waals surface area (Å²) < 4.78 is 39.9. The number of primary amides is 1. The van der Waals surface area contributed by atoms with Gasteiger partial charge in [0, 0.05) is 13.0 Å². The molecule has 1 atom stereocenters. The van der Waals surface area contributed by atoms with Crippen molar-refractivity contribution < 1.29 is 18.0 Å². The van der Waals surface area contributed by atoms with E-state index < -0.39 is 18.2 Å². The van der Waals surface area contributed by atoms with Crippen molar-refractivity contribution in [1.29, 1.82) is 0 Å². The van der Waals surface area contributed by atoms with Crippen LogP contribution in [0, 0.1) is 5.92 Å². The van der Waals surface area contributed by atoms with E-state index in [1.54, 1.807) is 18.2 Å². The maximum atomic E-state index is 12.9. The Balaban J connectivity index is 2.04. The van der Waals surface area contributed by atoms with Crippen molar-refractivity contribution in [2.24, 2.45) is 11.7 Å². The second-order valence-electron chi connectivity index (χ2n) is 6.49. The molecule has 130 valence electrons.